The lowest BCUT2D eigenvalue weighted by Gasteiger charge is -2.07. The van der Waals surface area contributed by atoms with Crippen LogP contribution in [0.5, 0.6) is 0 Å². The van der Waals surface area contributed by atoms with Crippen LogP contribution in [0.15, 0.2) is 0 Å². The predicted molar refractivity (Wildman–Crippen MR) is 65.7 cm³/mol. The van der Waals surface area contributed by atoms with Gasteiger partial charge in [-0.1, -0.05) is 10.9 Å². The molecule has 88 valence electrons. The monoisotopic (exact) mass is 260 g/mol. The van der Waals surface area contributed by atoms with Crippen LogP contribution in [0.1, 0.15) is 0 Å². The summed E-state index contributed by atoms with van der Waals surface area (Å²) in [6.45, 7) is 0. The molecule has 0 bridgehead atoms. The van der Waals surface area contributed by atoms with E-state index in [0.29, 0.717) is 0 Å². The maximum Gasteiger partial charge on any atom is 0.168 e. The van der Waals surface area contributed by atoms with E-state index in [1.807, 2.05) is 0 Å². The minimum absolute atomic E-state index is 0.583. The van der Waals surface area contributed by atoms with Gasteiger partial charge in [-0.15, -0.1) is 0 Å². The molecule has 0 atom stereocenters. The fourth-order valence-corrected chi connectivity index (χ4v) is 1.49. The van der Waals surface area contributed by atoms with Crippen LogP contribution in [-0.4, -0.2) is 15.7 Å². The smallest absolute Gasteiger partial charge is 0.168 e. The van der Waals surface area contributed by atoms with Crippen LogP contribution < -0.4 is 21.4 Å². The molecule has 20 heavy (non-hydrogen) atoms. The molecular formula is C12B2F2N4. The van der Waals surface area contributed by atoms with Gasteiger partial charge in [0.25, 0.3) is 0 Å². The van der Waals surface area contributed by atoms with Gasteiger partial charge >= 0.3 is 0 Å². The van der Waals surface area contributed by atoms with Gasteiger partial charge in [0, 0.05) is 10.4 Å². The first kappa shape index (κ1) is 15.0. The lowest BCUT2D eigenvalue weighted by Crippen LogP contribution is -2.52. The van der Waals surface area contributed by atoms with Gasteiger partial charge < -0.3 is 0 Å². The van der Waals surface area contributed by atoms with Crippen molar-refractivity contribution in [2.24, 2.45) is 0 Å². The number of nitrogens with zero attached hydrogens (tertiary/aromatic N) is 4. The third-order valence-corrected chi connectivity index (χ3v) is 2.41. The summed E-state index contributed by atoms with van der Waals surface area (Å²) in [5.41, 5.74) is -2.71. The Morgan fingerprint density at radius 2 is 0.950 bits per heavy atom. The van der Waals surface area contributed by atoms with Gasteiger partial charge in [0.2, 0.25) is 0 Å². The summed E-state index contributed by atoms with van der Waals surface area (Å²) in [5, 5.41) is 33.1. The first-order valence-corrected chi connectivity index (χ1v) is 4.85. The molecule has 1 aromatic carbocycles. The third kappa shape index (κ3) is 2.12. The number of halogens is 2. The van der Waals surface area contributed by atoms with Crippen molar-refractivity contribution < 1.29 is 8.78 Å². The zero-order valence-corrected chi connectivity index (χ0v) is 9.70. The standard InChI is InChI=1S/C12B2F2N4/c13-9-7(5(1-17)2-18)11(15)12(16)8(10(9)14)6(3-19)4-20. The van der Waals surface area contributed by atoms with Crippen molar-refractivity contribution in [1.82, 2.24) is 0 Å². The van der Waals surface area contributed by atoms with Gasteiger partial charge in [0.05, 0.1) is 0 Å². The van der Waals surface area contributed by atoms with E-state index in [0.717, 1.165) is 0 Å². The molecule has 8 heteroatoms. The van der Waals surface area contributed by atoms with E-state index in [2.05, 4.69) is 0 Å². The summed E-state index contributed by atoms with van der Waals surface area (Å²) in [6.07, 6.45) is 0. The molecule has 0 unspecified atom stereocenters. The molecule has 0 saturated carbocycles. The molecule has 0 aromatic heterocycles. The minimum atomic E-state index is -1.62. The summed E-state index contributed by atoms with van der Waals surface area (Å²) in [6, 6.07) is 5.43. The molecule has 4 radical (unpaired) electrons. The predicted octanol–water partition coefficient (Wildman–Crippen LogP) is -2.05. The van der Waals surface area contributed by atoms with Crippen LogP contribution >= 0.6 is 0 Å². The Labute approximate surface area is 114 Å². The van der Waals surface area contributed by atoms with E-state index in [9.17, 15) is 8.78 Å². The minimum Gasteiger partial charge on any atom is -0.203 e. The summed E-state index contributed by atoms with van der Waals surface area (Å²) in [5.74, 6) is -3.24. The van der Waals surface area contributed by atoms with Crippen molar-refractivity contribution in [1.29, 1.82) is 21.0 Å². The highest BCUT2D eigenvalue weighted by Gasteiger charge is 2.17. The Morgan fingerprint density at radius 3 is 1.15 bits per heavy atom. The van der Waals surface area contributed by atoms with Crippen molar-refractivity contribution >= 4 is 37.8 Å². The molecule has 0 fully saturated rings. The van der Waals surface area contributed by atoms with E-state index in [1.165, 1.54) is 24.3 Å². The van der Waals surface area contributed by atoms with Crippen molar-refractivity contribution in [3.63, 3.8) is 0 Å². The van der Waals surface area contributed by atoms with E-state index >= 15 is 0 Å². The number of nitriles is 4. The molecule has 0 heterocycles. The Bertz CT molecular complexity index is 750. The van der Waals surface area contributed by atoms with Crippen molar-refractivity contribution in [3.8, 4) is 24.3 Å². The zero-order valence-electron chi connectivity index (χ0n) is 9.70. The normalized spacial score (nSPS) is 8.70. The first-order chi connectivity index (χ1) is 9.44. The van der Waals surface area contributed by atoms with Gasteiger partial charge in [-0.3, -0.25) is 0 Å². The van der Waals surface area contributed by atoms with E-state index in [4.69, 9.17) is 36.7 Å². The molecule has 0 saturated heterocycles. The average molecular weight is 260 g/mol. The van der Waals surface area contributed by atoms with Crippen LogP contribution in [0.25, 0.3) is 11.1 Å². The molecule has 1 aromatic rings. The molecule has 0 N–H and O–H groups in total. The highest BCUT2D eigenvalue weighted by atomic mass is 19.2. The Kier molecular flexibility index (Phi) is 4.27. The van der Waals surface area contributed by atoms with Gasteiger partial charge in [-0.25, -0.2) is 8.78 Å². The molecule has 1 rings (SSSR count). The van der Waals surface area contributed by atoms with E-state index in [-0.39, 0.29) is 0 Å². The van der Waals surface area contributed by atoms with Crippen molar-refractivity contribution in [3.05, 3.63) is 22.1 Å². The molecule has 4 nitrogen and oxygen atoms in total. The van der Waals surface area contributed by atoms with Crippen LogP contribution in [-0.2, 0) is 0 Å². The summed E-state index contributed by atoms with van der Waals surface area (Å²) < 4.78 is 27.8. The second kappa shape index (κ2) is 5.70. The second-order valence-electron chi connectivity index (χ2n) is 3.40. The Morgan fingerprint density at radius 1 is 0.700 bits per heavy atom. The topological polar surface area (TPSA) is 95.2 Å². The summed E-state index contributed by atoms with van der Waals surface area (Å²) in [7, 11) is 10.9. The Balaban J connectivity index is 4.35. The Hall–Kier alpha value is -3.09. The quantitative estimate of drug-likeness (QED) is 0.501. The number of rotatable bonds is 0. The molecule has 0 amide bonds. The van der Waals surface area contributed by atoms with Gasteiger partial charge in [-0.05, 0) is 0 Å². The number of benzene rings is 1. The molecule has 0 spiro atoms. The number of hydrogen-bond acceptors (Lipinski definition) is 4. The van der Waals surface area contributed by atoms with Crippen LogP contribution in [0.4, 0.5) is 8.78 Å². The van der Waals surface area contributed by atoms with Crippen LogP contribution in [0.2, 0.25) is 0 Å². The van der Waals surface area contributed by atoms with E-state index < -0.39 is 44.1 Å². The molecular weight excluding hydrogens is 260 g/mol. The first-order valence-electron chi connectivity index (χ1n) is 4.85. The lowest BCUT2D eigenvalue weighted by molar-refractivity contribution is 0.499. The lowest BCUT2D eigenvalue weighted by atomic mass is 9.76. The van der Waals surface area contributed by atoms with Crippen molar-refractivity contribution in [2.75, 3.05) is 0 Å². The van der Waals surface area contributed by atoms with Gasteiger partial charge in [-0.2, -0.15) is 21.0 Å². The molecule has 0 aliphatic heterocycles. The maximum atomic E-state index is 13.9. The van der Waals surface area contributed by atoms with Gasteiger partial charge in [0.15, 0.2) is 11.6 Å². The van der Waals surface area contributed by atoms with Gasteiger partial charge in [0.1, 0.15) is 51.1 Å². The summed E-state index contributed by atoms with van der Waals surface area (Å²) >= 11 is 0. The van der Waals surface area contributed by atoms with Crippen LogP contribution in [0.3, 0.4) is 0 Å². The van der Waals surface area contributed by atoms with E-state index in [1.54, 1.807) is 0 Å². The van der Waals surface area contributed by atoms with Crippen LogP contribution in [0, 0.1) is 57.0 Å². The zero-order chi connectivity index (χ0) is 15.4. The fourth-order valence-electron chi connectivity index (χ4n) is 1.49. The molecule has 0 aliphatic rings. The molecule has 0 aliphatic carbocycles. The number of hydrogen-bond donors (Lipinski definition) is 0. The third-order valence-electron chi connectivity index (χ3n) is 2.41. The SMILES string of the molecule is [B]c1c([B])c(=C(C#N)C#N)c(F)c(F)c1=C(C#N)C#N. The highest BCUT2D eigenvalue weighted by Crippen LogP contribution is 1.97. The highest BCUT2D eigenvalue weighted by molar-refractivity contribution is 6.49. The average Bonchev–Trinajstić information content (AvgIpc) is 2.46. The van der Waals surface area contributed by atoms with Crippen molar-refractivity contribution in [2.45, 2.75) is 0 Å². The maximum absolute atomic E-state index is 13.9. The fraction of sp³-hybridized carbons (Fsp3) is 0. The second-order valence-corrected chi connectivity index (χ2v) is 3.40. The largest absolute Gasteiger partial charge is 0.203 e. The summed E-state index contributed by atoms with van der Waals surface area (Å²) in [4.78, 5) is 0.